The van der Waals surface area contributed by atoms with Crippen LogP contribution < -0.4 is 0 Å². The van der Waals surface area contributed by atoms with Gasteiger partial charge in [0.25, 0.3) is 0 Å². The smallest absolute Gasteiger partial charge is 0.188 e. The molecule has 0 saturated carbocycles. The van der Waals surface area contributed by atoms with Crippen LogP contribution in [-0.2, 0) is 0 Å². The number of fused-ring (bicyclic) bond motifs is 6. The van der Waals surface area contributed by atoms with Crippen LogP contribution in [0.15, 0.2) is 182 Å². The number of nitrogens with zero attached hydrogens (tertiary/aromatic N) is 4. The fourth-order valence-electron chi connectivity index (χ4n) is 8.26. The molecule has 0 fully saturated rings. The molecular weight excluding hydrogens is 657 g/mol. The van der Waals surface area contributed by atoms with Crippen LogP contribution in [0.1, 0.15) is 5.56 Å². The van der Waals surface area contributed by atoms with Crippen LogP contribution in [0.4, 0.5) is 5.69 Å². The van der Waals surface area contributed by atoms with E-state index < -0.39 is 0 Å². The first-order chi connectivity index (χ1) is 26.7. The van der Waals surface area contributed by atoms with Crippen LogP contribution in [0, 0.1) is 17.9 Å². The average Bonchev–Trinajstić information content (AvgIpc) is 3.75. The summed E-state index contributed by atoms with van der Waals surface area (Å²) in [6.07, 6.45) is 0. The van der Waals surface area contributed by atoms with Crippen LogP contribution in [0.5, 0.6) is 0 Å². The second kappa shape index (κ2) is 12.5. The zero-order valence-electron chi connectivity index (χ0n) is 29.1. The monoisotopic (exact) mass is 686 g/mol. The molecule has 250 valence electrons. The lowest BCUT2D eigenvalue weighted by Gasteiger charge is -2.23. The Labute approximate surface area is 312 Å². The minimum absolute atomic E-state index is 0.560. The largest absolute Gasteiger partial charge is 0.308 e. The SMILES string of the molecule is [C-]#[N+]c1ccc2c(c1)c1cc(C#N)ccc1n2-c1c(-c2ccccc2)cccc1-c1cccc(-c2ccccc2)c1-n1c2ccccc2c2ccccc21. The van der Waals surface area contributed by atoms with Gasteiger partial charge in [-0.15, -0.1) is 0 Å². The van der Waals surface area contributed by atoms with E-state index >= 15 is 0 Å². The molecule has 0 bridgehead atoms. The van der Waals surface area contributed by atoms with Gasteiger partial charge in [-0.1, -0.05) is 140 Å². The lowest BCUT2D eigenvalue weighted by atomic mass is 9.91. The summed E-state index contributed by atoms with van der Waals surface area (Å²) < 4.78 is 4.77. The van der Waals surface area contributed by atoms with E-state index in [9.17, 15) is 5.26 Å². The standard InChI is InChI=1S/C50H30N4/c1-52-36-27-29-48-44(31-36)43-30-33(32-51)26-28-47(43)54(48)50-38(35-16-6-3-7-17-35)21-13-23-42(50)41-22-12-20-37(34-14-4-2-5-15-34)49(41)53-45-24-10-8-18-39(45)40-19-9-11-25-46(40)53/h2-31H. The van der Waals surface area contributed by atoms with Crippen molar-refractivity contribution in [2.75, 3.05) is 0 Å². The van der Waals surface area contributed by atoms with E-state index in [1.54, 1.807) is 0 Å². The van der Waals surface area contributed by atoms with Gasteiger partial charge in [0, 0.05) is 38.4 Å². The molecule has 54 heavy (non-hydrogen) atoms. The number of aromatic nitrogens is 2. The van der Waals surface area contributed by atoms with E-state index in [0.29, 0.717) is 11.3 Å². The van der Waals surface area contributed by atoms with Crippen molar-refractivity contribution >= 4 is 49.3 Å². The first-order valence-electron chi connectivity index (χ1n) is 18.0. The minimum atomic E-state index is 0.560. The second-order valence-electron chi connectivity index (χ2n) is 13.5. The summed E-state index contributed by atoms with van der Waals surface area (Å²) in [6.45, 7) is 7.83. The lowest BCUT2D eigenvalue weighted by Crippen LogP contribution is -2.05. The highest BCUT2D eigenvalue weighted by atomic mass is 15.0. The molecule has 0 amide bonds. The maximum atomic E-state index is 9.96. The van der Waals surface area contributed by atoms with E-state index in [1.165, 1.54) is 10.8 Å². The molecule has 4 heteroatoms. The van der Waals surface area contributed by atoms with Gasteiger partial charge in [0.1, 0.15) is 0 Å². The number of para-hydroxylation sites is 4. The zero-order chi connectivity index (χ0) is 36.2. The molecule has 4 nitrogen and oxygen atoms in total. The Morgan fingerprint density at radius 3 is 1.37 bits per heavy atom. The maximum absolute atomic E-state index is 9.96. The number of hydrogen-bond donors (Lipinski definition) is 0. The Kier molecular flexibility index (Phi) is 7.22. The minimum Gasteiger partial charge on any atom is -0.308 e. The van der Waals surface area contributed by atoms with Crippen molar-refractivity contribution < 1.29 is 0 Å². The molecule has 0 atom stereocenters. The Bertz CT molecular complexity index is 3050. The molecule has 0 aliphatic carbocycles. The molecular formula is C50H30N4. The van der Waals surface area contributed by atoms with Crippen molar-refractivity contribution in [3.8, 4) is 50.8 Å². The van der Waals surface area contributed by atoms with E-state index in [0.717, 1.165) is 77.6 Å². The third kappa shape index (κ3) is 4.76. The van der Waals surface area contributed by atoms with Gasteiger partial charge in [0.2, 0.25) is 0 Å². The van der Waals surface area contributed by atoms with Crippen molar-refractivity contribution in [1.82, 2.24) is 9.13 Å². The predicted octanol–water partition coefficient (Wildman–Crippen LogP) is 13.3. The summed E-state index contributed by atoms with van der Waals surface area (Å²) >= 11 is 0. The molecule has 0 N–H and O–H groups in total. The second-order valence-corrected chi connectivity index (χ2v) is 13.5. The first kappa shape index (κ1) is 31.1. The first-order valence-corrected chi connectivity index (χ1v) is 18.0. The molecule has 0 aliphatic rings. The third-order valence-electron chi connectivity index (χ3n) is 10.6. The topological polar surface area (TPSA) is 38.0 Å². The van der Waals surface area contributed by atoms with Crippen LogP contribution in [0.3, 0.4) is 0 Å². The number of rotatable bonds is 5. The maximum Gasteiger partial charge on any atom is 0.188 e. The number of hydrogen-bond acceptors (Lipinski definition) is 1. The predicted molar refractivity (Wildman–Crippen MR) is 222 cm³/mol. The molecule has 8 aromatic carbocycles. The molecule has 0 radical (unpaired) electrons. The Hall–Kier alpha value is -7.66. The summed E-state index contributed by atoms with van der Waals surface area (Å²) in [5, 5.41) is 14.2. The van der Waals surface area contributed by atoms with E-state index in [1.807, 2.05) is 36.4 Å². The van der Waals surface area contributed by atoms with Crippen molar-refractivity contribution in [2.45, 2.75) is 0 Å². The van der Waals surface area contributed by atoms with Crippen molar-refractivity contribution in [2.24, 2.45) is 0 Å². The van der Waals surface area contributed by atoms with Crippen LogP contribution in [-0.4, -0.2) is 9.13 Å². The van der Waals surface area contributed by atoms with Gasteiger partial charge in [-0.2, -0.15) is 5.26 Å². The summed E-state index contributed by atoms with van der Waals surface area (Å²) in [6, 6.07) is 65.9. The molecule has 0 spiro atoms. The Morgan fingerprint density at radius 1 is 0.407 bits per heavy atom. The van der Waals surface area contributed by atoms with E-state index in [4.69, 9.17) is 6.57 Å². The van der Waals surface area contributed by atoms with Crippen LogP contribution >= 0.6 is 0 Å². The zero-order valence-corrected chi connectivity index (χ0v) is 29.1. The summed E-state index contributed by atoms with van der Waals surface area (Å²) in [7, 11) is 0. The van der Waals surface area contributed by atoms with Gasteiger partial charge in [-0.05, 0) is 59.0 Å². The molecule has 2 aromatic heterocycles. The van der Waals surface area contributed by atoms with Crippen molar-refractivity contribution in [1.29, 1.82) is 5.26 Å². The normalized spacial score (nSPS) is 11.3. The van der Waals surface area contributed by atoms with Gasteiger partial charge in [0.05, 0.1) is 51.6 Å². The summed E-state index contributed by atoms with van der Waals surface area (Å²) in [5.74, 6) is 0. The van der Waals surface area contributed by atoms with Crippen molar-refractivity contribution in [3.05, 3.63) is 199 Å². The summed E-state index contributed by atoms with van der Waals surface area (Å²) in [4.78, 5) is 3.78. The van der Waals surface area contributed by atoms with Gasteiger partial charge in [-0.3, -0.25) is 0 Å². The van der Waals surface area contributed by atoms with Crippen molar-refractivity contribution in [3.63, 3.8) is 0 Å². The lowest BCUT2D eigenvalue weighted by molar-refractivity contribution is 1.16. The van der Waals surface area contributed by atoms with E-state index in [-0.39, 0.29) is 0 Å². The highest BCUT2D eigenvalue weighted by molar-refractivity contribution is 6.13. The quantitative estimate of drug-likeness (QED) is 0.166. The molecule has 10 aromatic rings. The molecule has 0 unspecified atom stereocenters. The van der Waals surface area contributed by atoms with Gasteiger partial charge in [0.15, 0.2) is 5.69 Å². The molecule has 10 rings (SSSR count). The van der Waals surface area contributed by atoms with Crippen LogP contribution in [0.25, 0.3) is 93.2 Å². The molecule has 0 aliphatic heterocycles. The highest BCUT2D eigenvalue weighted by Gasteiger charge is 2.25. The fraction of sp³-hybridized carbons (Fsp3) is 0. The third-order valence-corrected chi connectivity index (χ3v) is 10.6. The van der Waals surface area contributed by atoms with Gasteiger partial charge in [-0.25, -0.2) is 4.85 Å². The Morgan fingerprint density at radius 2 is 0.852 bits per heavy atom. The fourth-order valence-corrected chi connectivity index (χ4v) is 8.26. The highest BCUT2D eigenvalue weighted by Crippen LogP contribution is 2.46. The summed E-state index contributed by atoms with van der Waals surface area (Å²) in [5.41, 5.74) is 14.0. The Balaban J connectivity index is 1.40. The van der Waals surface area contributed by atoms with Gasteiger partial charge < -0.3 is 9.13 Å². The number of nitriles is 1. The molecule has 0 saturated heterocycles. The van der Waals surface area contributed by atoms with Crippen LogP contribution in [0.2, 0.25) is 0 Å². The number of benzene rings is 8. The van der Waals surface area contributed by atoms with Gasteiger partial charge >= 0.3 is 0 Å². The average molecular weight is 687 g/mol. The molecule has 2 heterocycles. The van der Waals surface area contributed by atoms with E-state index in [2.05, 4.69) is 166 Å².